The average Bonchev–Trinajstić information content (AvgIpc) is 2.60. The molecular weight excluding hydrogens is 333 g/mol. The quantitative estimate of drug-likeness (QED) is 0.782. The summed E-state index contributed by atoms with van der Waals surface area (Å²) in [4.78, 5) is 11.6. The first-order chi connectivity index (χ1) is 11.5. The molecule has 1 aliphatic carbocycles. The summed E-state index contributed by atoms with van der Waals surface area (Å²) < 4.78 is 46.6. The van der Waals surface area contributed by atoms with E-state index in [0.717, 1.165) is 51.7 Å². The number of nitrogens with zero attached hydrogens (tertiary/aromatic N) is 1. The molecule has 1 aliphatic heterocycles. The number of esters is 1. The Morgan fingerprint density at radius 3 is 2.67 bits per heavy atom. The highest BCUT2D eigenvalue weighted by Crippen LogP contribution is 2.38. The van der Waals surface area contributed by atoms with Crippen molar-refractivity contribution in [3.63, 3.8) is 0 Å². The Balaban J connectivity index is 2.05. The number of carbonyl (C=O) groups excluding carboxylic acids is 1. The van der Waals surface area contributed by atoms with Crippen LogP contribution in [0, 0.1) is 11.7 Å². The second-order valence-electron chi connectivity index (χ2n) is 6.47. The van der Waals surface area contributed by atoms with Gasteiger partial charge >= 0.3 is 5.97 Å². The van der Waals surface area contributed by atoms with Crippen LogP contribution in [0.3, 0.4) is 0 Å². The van der Waals surface area contributed by atoms with Crippen LogP contribution < -0.4 is 0 Å². The second kappa shape index (κ2) is 6.80. The number of methoxy groups -OCH3 is 1. The van der Waals surface area contributed by atoms with Gasteiger partial charge in [0.2, 0.25) is 10.0 Å². The van der Waals surface area contributed by atoms with Crippen LogP contribution in [0.15, 0.2) is 23.1 Å². The summed E-state index contributed by atoms with van der Waals surface area (Å²) in [6.45, 7) is 0.417. The van der Waals surface area contributed by atoms with Gasteiger partial charge in [0.15, 0.2) is 0 Å². The molecule has 0 aromatic heterocycles. The molecule has 1 saturated heterocycles. The number of hydrogen-bond donors (Lipinski definition) is 0. The van der Waals surface area contributed by atoms with Crippen molar-refractivity contribution in [1.82, 2.24) is 4.31 Å². The van der Waals surface area contributed by atoms with Crippen molar-refractivity contribution in [2.45, 2.75) is 49.5 Å². The molecule has 2 fully saturated rings. The number of sulfonamides is 1. The maximum Gasteiger partial charge on any atom is 0.342 e. The number of hydrogen-bond acceptors (Lipinski definition) is 4. The van der Waals surface area contributed by atoms with Crippen LogP contribution in [0.5, 0.6) is 0 Å². The van der Waals surface area contributed by atoms with Crippen molar-refractivity contribution in [2.75, 3.05) is 13.7 Å². The molecule has 0 radical (unpaired) electrons. The minimum Gasteiger partial charge on any atom is -0.465 e. The molecule has 0 N–H and O–H groups in total. The van der Waals surface area contributed by atoms with Crippen molar-refractivity contribution in [3.8, 4) is 0 Å². The summed E-state index contributed by atoms with van der Waals surface area (Å²) in [5.41, 5.74) is -0.502. The average molecular weight is 355 g/mol. The Kier molecular flexibility index (Phi) is 4.92. The maximum atomic E-state index is 14.1. The molecule has 1 saturated carbocycles. The van der Waals surface area contributed by atoms with Gasteiger partial charge in [-0.1, -0.05) is 18.9 Å². The highest BCUT2D eigenvalue weighted by atomic mass is 32.2. The lowest BCUT2D eigenvalue weighted by atomic mass is 9.79. The van der Waals surface area contributed by atoms with Gasteiger partial charge in [0.05, 0.1) is 12.0 Å². The molecule has 132 valence electrons. The van der Waals surface area contributed by atoms with E-state index in [1.54, 1.807) is 0 Å². The Morgan fingerprint density at radius 2 is 1.92 bits per heavy atom. The Bertz CT molecular complexity index is 732. The predicted molar refractivity (Wildman–Crippen MR) is 86.6 cm³/mol. The van der Waals surface area contributed by atoms with E-state index in [1.807, 2.05) is 0 Å². The van der Waals surface area contributed by atoms with Gasteiger partial charge in [-0.3, -0.25) is 0 Å². The Morgan fingerprint density at radius 1 is 1.21 bits per heavy atom. The third-order valence-electron chi connectivity index (χ3n) is 5.14. The lowest BCUT2D eigenvalue weighted by Crippen LogP contribution is -2.49. The highest BCUT2D eigenvalue weighted by molar-refractivity contribution is 7.89. The van der Waals surface area contributed by atoms with Crippen molar-refractivity contribution in [2.24, 2.45) is 5.92 Å². The van der Waals surface area contributed by atoms with Gasteiger partial charge in [-0.05, 0) is 43.7 Å². The topological polar surface area (TPSA) is 63.7 Å². The number of rotatable bonds is 3. The lowest BCUT2D eigenvalue weighted by molar-refractivity contribution is 0.0590. The van der Waals surface area contributed by atoms with Crippen molar-refractivity contribution in [1.29, 1.82) is 0 Å². The van der Waals surface area contributed by atoms with Crippen LogP contribution in [0.1, 0.15) is 48.9 Å². The van der Waals surface area contributed by atoms with Gasteiger partial charge in [0.25, 0.3) is 0 Å². The summed E-state index contributed by atoms with van der Waals surface area (Å²) in [7, 11) is -2.83. The van der Waals surface area contributed by atoms with Gasteiger partial charge < -0.3 is 4.74 Å². The van der Waals surface area contributed by atoms with Gasteiger partial charge in [-0.15, -0.1) is 0 Å². The minimum absolute atomic E-state index is 0.0498. The predicted octanol–water partition coefficient (Wildman–Crippen LogP) is 2.96. The monoisotopic (exact) mass is 355 g/mol. The molecule has 2 atom stereocenters. The van der Waals surface area contributed by atoms with Gasteiger partial charge in [0.1, 0.15) is 11.4 Å². The summed E-state index contributed by atoms with van der Waals surface area (Å²) in [5.74, 6) is -1.48. The number of fused-ring (bicyclic) bond motifs is 1. The molecule has 0 spiro atoms. The smallest absolute Gasteiger partial charge is 0.342 e. The maximum absolute atomic E-state index is 14.1. The number of carbonyl (C=O) groups is 1. The van der Waals surface area contributed by atoms with Crippen LogP contribution in [-0.2, 0) is 14.8 Å². The first-order valence-electron chi connectivity index (χ1n) is 8.35. The fraction of sp³-hybridized carbons (Fsp3) is 0.588. The third kappa shape index (κ3) is 2.95. The Hall–Kier alpha value is -1.47. The van der Waals surface area contributed by atoms with E-state index < -0.39 is 27.4 Å². The molecule has 5 nitrogen and oxygen atoms in total. The van der Waals surface area contributed by atoms with Crippen molar-refractivity contribution in [3.05, 3.63) is 29.6 Å². The van der Waals surface area contributed by atoms with E-state index in [2.05, 4.69) is 4.74 Å². The fourth-order valence-electron chi connectivity index (χ4n) is 4.02. The lowest BCUT2D eigenvalue weighted by Gasteiger charge is -2.43. The largest absolute Gasteiger partial charge is 0.465 e. The molecule has 0 bridgehead atoms. The zero-order chi connectivity index (χ0) is 17.3. The van der Waals surface area contributed by atoms with Crippen LogP contribution in [-0.4, -0.2) is 38.4 Å². The number of benzene rings is 1. The van der Waals surface area contributed by atoms with Crippen LogP contribution >= 0.6 is 0 Å². The van der Waals surface area contributed by atoms with Crippen LogP contribution in [0.2, 0.25) is 0 Å². The number of ether oxygens (including phenoxy) is 1. The highest BCUT2D eigenvalue weighted by Gasteiger charge is 2.41. The molecule has 1 aromatic carbocycles. The zero-order valence-electron chi connectivity index (χ0n) is 13.7. The van der Waals surface area contributed by atoms with Crippen LogP contribution in [0.25, 0.3) is 0 Å². The SMILES string of the molecule is COC(=O)c1c(F)cccc1S(=O)(=O)N1CCC[C@H]2CCCC[C@@H]21. The third-order valence-corrected chi connectivity index (χ3v) is 7.11. The van der Waals surface area contributed by atoms with E-state index in [4.69, 9.17) is 0 Å². The van der Waals surface area contributed by atoms with Gasteiger partial charge in [-0.2, -0.15) is 4.31 Å². The molecule has 2 aliphatic rings. The van der Waals surface area contributed by atoms with E-state index in [0.29, 0.717) is 12.5 Å². The summed E-state index contributed by atoms with van der Waals surface area (Å²) in [6, 6.07) is 3.63. The zero-order valence-corrected chi connectivity index (χ0v) is 14.5. The summed E-state index contributed by atoms with van der Waals surface area (Å²) in [5, 5.41) is 0. The van der Waals surface area contributed by atoms with E-state index in [1.165, 1.54) is 16.4 Å². The van der Waals surface area contributed by atoms with Crippen molar-refractivity contribution < 1.29 is 22.3 Å². The van der Waals surface area contributed by atoms with E-state index in [-0.39, 0.29) is 10.9 Å². The molecular formula is C17H22FNO4S. The number of halogens is 1. The normalized spacial score (nSPS) is 25.1. The van der Waals surface area contributed by atoms with E-state index >= 15 is 0 Å². The van der Waals surface area contributed by atoms with Crippen LogP contribution in [0.4, 0.5) is 4.39 Å². The number of piperidine rings is 1. The van der Waals surface area contributed by atoms with Gasteiger partial charge in [0, 0.05) is 12.6 Å². The van der Waals surface area contributed by atoms with Crippen molar-refractivity contribution >= 4 is 16.0 Å². The molecule has 3 rings (SSSR count). The molecule has 24 heavy (non-hydrogen) atoms. The molecule has 7 heteroatoms. The molecule has 1 heterocycles. The molecule has 1 aromatic rings. The first kappa shape index (κ1) is 17.4. The molecule has 0 unspecified atom stereocenters. The summed E-state index contributed by atoms with van der Waals surface area (Å²) >= 11 is 0. The Labute approximate surface area is 141 Å². The van der Waals surface area contributed by atoms with Gasteiger partial charge in [-0.25, -0.2) is 17.6 Å². The van der Waals surface area contributed by atoms with E-state index in [9.17, 15) is 17.6 Å². The summed E-state index contributed by atoms with van der Waals surface area (Å²) in [6.07, 6.45) is 5.81. The first-order valence-corrected chi connectivity index (χ1v) is 9.79. The second-order valence-corrected chi connectivity index (χ2v) is 8.33. The molecule has 0 amide bonds. The minimum atomic E-state index is -3.95. The fourth-order valence-corrected chi connectivity index (χ4v) is 5.97. The standard InChI is InChI=1S/C17H22FNO4S/c1-23-17(20)16-13(18)8-4-10-15(16)24(21,22)19-11-5-7-12-6-2-3-9-14(12)19/h4,8,10,12,14H,2-3,5-7,9,11H2,1H3/t12-,14+/m1/s1.